The second-order valence-corrected chi connectivity index (χ2v) is 3.93. The maximum atomic E-state index is 5.91. The average molecular weight is 220 g/mol. The van der Waals surface area contributed by atoms with Crippen molar-refractivity contribution in [1.29, 1.82) is 0 Å². The zero-order chi connectivity index (χ0) is 11.3. The number of benzene rings is 1. The van der Waals surface area contributed by atoms with E-state index in [2.05, 4.69) is 12.2 Å². The summed E-state index contributed by atoms with van der Waals surface area (Å²) in [5.41, 5.74) is 0.512. The van der Waals surface area contributed by atoms with Crippen LogP contribution in [0.3, 0.4) is 0 Å². The molecule has 0 spiro atoms. The largest absolute Gasteiger partial charge is 0.375 e. The first-order valence-corrected chi connectivity index (χ1v) is 5.83. The van der Waals surface area contributed by atoms with E-state index in [4.69, 9.17) is 9.47 Å². The van der Waals surface area contributed by atoms with Crippen molar-refractivity contribution >= 4 is 0 Å². The molecular formula is C13H18NO2. The number of ether oxygens (including phenoxy) is 2. The molecule has 87 valence electrons. The first kappa shape index (κ1) is 11.6. The van der Waals surface area contributed by atoms with E-state index in [9.17, 15) is 0 Å². The number of morpholine rings is 1. The molecule has 1 atom stereocenters. The lowest BCUT2D eigenvalue weighted by molar-refractivity contribution is -0.152. The fourth-order valence-corrected chi connectivity index (χ4v) is 1.86. The number of hydrogen-bond acceptors (Lipinski definition) is 2. The van der Waals surface area contributed by atoms with Gasteiger partial charge in [0.15, 0.2) is 5.72 Å². The molecule has 1 unspecified atom stereocenters. The van der Waals surface area contributed by atoms with Crippen molar-refractivity contribution in [1.82, 2.24) is 5.32 Å². The Hall–Kier alpha value is -0.900. The molecule has 1 fully saturated rings. The van der Waals surface area contributed by atoms with Gasteiger partial charge in [-0.15, -0.1) is 0 Å². The molecule has 1 radical (unpaired) electrons. The van der Waals surface area contributed by atoms with Crippen LogP contribution in [0.2, 0.25) is 0 Å². The van der Waals surface area contributed by atoms with Gasteiger partial charge in [-0.2, -0.15) is 5.32 Å². The molecule has 1 aliphatic rings. The molecule has 0 aliphatic carbocycles. The van der Waals surface area contributed by atoms with Crippen LogP contribution in [-0.2, 0) is 15.2 Å². The van der Waals surface area contributed by atoms with Crippen molar-refractivity contribution in [3.05, 3.63) is 35.9 Å². The predicted octanol–water partition coefficient (Wildman–Crippen LogP) is 1.90. The molecule has 0 aromatic heterocycles. The lowest BCUT2D eigenvalue weighted by Crippen LogP contribution is -2.49. The molecule has 0 bridgehead atoms. The second kappa shape index (κ2) is 5.43. The smallest absolute Gasteiger partial charge is 0.183 e. The number of rotatable bonds is 4. The van der Waals surface area contributed by atoms with Crippen LogP contribution in [0.5, 0.6) is 0 Å². The first-order chi connectivity index (χ1) is 7.87. The highest BCUT2D eigenvalue weighted by molar-refractivity contribution is 5.22. The fourth-order valence-electron chi connectivity index (χ4n) is 1.86. The topological polar surface area (TPSA) is 32.6 Å². The average Bonchev–Trinajstić information content (AvgIpc) is 2.38. The van der Waals surface area contributed by atoms with E-state index in [1.54, 1.807) is 0 Å². The Balaban J connectivity index is 2.19. The van der Waals surface area contributed by atoms with Crippen molar-refractivity contribution in [2.24, 2.45) is 0 Å². The van der Waals surface area contributed by atoms with Gasteiger partial charge in [0.05, 0.1) is 13.2 Å². The van der Waals surface area contributed by atoms with E-state index in [1.807, 2.05) is 30.3 Å². The SMILES string of the molecule is CCCOC1(c2ccccc2)COCC[N]1. The molecular weight excluding hydrogens is 202 g/mol. The zero-order valence-electron chi connectivity index (χ0n) is 9.69. The van der Waals surface area contributed by atoms with Crippen LogP contribution in [0.4, 0.5) is 0 Å². The van der Waals surface area contributed by atoms with Gasteiger partial charge in [0.2, 0.25) is 0 Å². The molecule has 1 aromatic rings. The second-order valence-electron chi connectivity index (χ2n) is 3.93. The number of nitrogens with zero attached hydrogens (tertiary/aromatic N) is 1. The molecule has 3 nitrogen and oxygen atoms in total. The highest BCUT2D eigenvalue weighted by Gasteiger charge is 2.36. The normalized spacial score (nSPS) is 25.6. The maximum Gasteiger partial charge on any atom is 0.183 e. The molecule has 1 heterocycles. The summed E-state index contributed by atoms with van der Waals surface area (Å²) in [6.45, 7) is 4.74. The summed E-state index contributed by atoms with van der Waals surface area (Å²) in [6.07, 6.45) is 0.990. The summed E-state index contributed by atoms with van der Waals surface area (Å²) in [6, 6.07) is 10.1. The molecule has 2 rings (SSSR count). The van der Waals surface area contributed by atoms with E-state index in [-0.39, 0.29) is 0 Å². The van der Waals surface area contributed by atoms with E-state index in [0.717, 1.165) is 12.0 Å². The van der Waals surface area contributed by atoms with E-state index in [0.29, 0.717) is 26.4 Å². The third-order valence-corrected chi connectivity index (χ3v) is 2.67. The molecule has 0 saturated carbocycles. The van der Waals surface area contributed by atoms with Crippen LogP contribution in [0, 0.1) is 0 Å². The highest BCUT2D eigenvalue weighted by atomic mass is 16.6. The Kier molecular flexibility index (Phi) is 3.93. The van der Waals surface area contributed by atoms with Crippen LogP contribution in [0.25, 0.3) is 0 Å². The monoisotopic (exact) mass is 220 g/mol. The Labute approximate surface area is 96.8 Å². The van der Waals surface area contributed by atoms with Gasteiger partial charge in [-0.25, -0.2) is 0 Å². The Morgan fingerprint density at radius 2 is 2.19 bits per heavy atom. The Bertz CT molecular complexity index is 307. The van der Waals surface area contributed by atoms with Gasteiger partial charge >= 0.3 is 0 Å². The molecule has 16 heavy (non-hydrogen) atoms. The lowest BCUT2D eigenvalue weighted by atomic mass is 10.0. The third kappa shape index (κ3) is 2.43. The molecule has 0 N–H and O–H groups in total. The standard InChI is InChI=1S/C13H18NO2/c1-2-9-16-13(11-15-10-8-14-13)12-6-4-3-5-7-12/h3-7H,2,8-11H2,1H3. The molecule has 1 aliphatic heterocycles. The van der Waals surface area contributed by atoms with Gasteiger partial charge in [-0.3, -0.25) is 0 Å². The van der Waals surface area contributed by atoms with Gasteiger partial charge in [0, 0.05) is 18.7 Å². The Morgan fingerprint density at radius 3 is 2.81 bits per heavy atom. The van der Waals surface area contributed by atoms with Crippen molar-refractivity contribution in [3.8, 4) is 0 Å². The Morgan fingerprint density at radius 1 is 1.38 bits per heavy atom. The van der Waals surface area contributed by atoms with Crippen LogP contribution >= 0.6 is 0 Å². The van der Waals surface area contributed by atoms with Crippen LogP contribution in [0.1, 0.15) is 18.9 Å². The van der Waals surface area contributed by atoms with Crippen molar-refractivity contribution in [2.75, 3.05) is 26.4 Å². The predicted molar refractivity (Wildman–Crippen MR) is 62.2 cm³/mol. The van der Waals surface area contributed by atoms with E-state index < -0.39 is 5.72 Å². The minimum Gasteiger partial charge on any atom is -0.375 e. The lowest BCUT2D eigenvalue weighted by Gasteiger charge is -2.36. The minimum atomic E-state index is -0.574. The van der Waals surface area contributed by atoms with Crippen molar-refractivity contribution in [3.63, 3.8) is 0 Å². The summed E-state index contributed by atoms with van der Waals surface area (Å²) in [7, 11) is 0. The summed E-state index contributed by atoms with van der Waals surface area (Å²) >= 11 is 0. The first-order valence-electron chi connectivity index (χ1n) is 5.83. The quantitative estimate of drug-likeness (QED) is 0.776. The zero-order valence-corrected chi connectivity index (χ0v) is 9.69. The van der Waals surface area contributed by atoms with Gasteiger partial charge < -0.3 is 9.47 Å². The van der Waals surface area contributed by atoms with E-state index in [1.165, 1.54) is 0 Å². The minimum absolute atomic E-state index is 0.525. The fraction of sp³-hybridized carbons (Fsp3) is 0.538. The van der Waals surface area contributed by atoms with Crippen LogP contribution in [-0.4, -0.2) is 26.4 Å². The van der Waals surface area contributed by atoms with Gasteiger partial charge in [-0.05, 0) is 6.42 Å². The molecule has 1 saturated heterocycles. The van der Waals surface area contributed by atoms with Crippen molar-refractivity contribution in [2.45, 2.75) is 19.1 Å². The summed E-state index contributed by atoms with van der Waals surface area (Å²) < 4.78 is 11.4. The molecule has 1 aromatic carbocycles. The maximum absolute atomic E-state index is 5.91. The van der Waals surface area contributed by atoms with Gasteiger partial charge in [-0.1, -0.05) is 37.3 Å². The summed E-state index contributed by atoms with van der Waals surface area (Å²) in [5, 5.41) is 4.62. The summed E-state index contributed by atoms with van der Waals surface area (Å²) in [5.74, 6) is 0. The van der Waals surface area contributed by atoms with Gasteiger partial charge in [0.1, 0.15) is 0 Å². The van der Waals surface area contributed by atoms with Gasteiger partial charge in [0.25, 0.3) is 0 Å². The van der Waals surface area contributed by atoms with Crippen molar-refractivity contribution < 1.29 is 9.47 Å². The van der Waals surface area contributed by atoms with Crippen LogP contribution in [0.15, 0.2) is 30.3 Å². The summed E-state index contributed by atoms with van der Waals surface area (Å²) in [4.78, 5) is 0. The van der Waals surface area contributed by atoms with E-state index >= 15 is 0 Å². The highest BCUT2D eigenvalue weighted by Crippen LogP contribution is 2.26. The molecule has 0 amide bonds. The van der Waals surface area contributed by atoms with Crippen LogP contribution < -0.4 is 5.32 Å². The third-order valence-electron chi connectivity index (χ3n) is 2.67. The number of hydrogen-bond donors (Lipinski definition) is 0. The molecule has 3 heteroatoms.